The summed E-state index contributed by atoms with van der Waals surface area (Å²) in [4.78, 5) is 12.6. The first kappa shape index (κ1) is 26.4. The molecule has 0 fully saturated rings. The van der Waals surface area contributed by atoms with Gasteiger partial charge in [-0.15, -0.1) is 13.2 Å². The van der Waals surface area contributed by atoms with Crippen molar-refractivity contribution < 1.29 is 37.3 Å². The largest absolute Gasteiger partial charge is 0.573 e. The molecule has 4 rings (SSSR count). The lowest BCUT2D eigenvalue weighted by Crippen LogP contribution is -2.17. The number of hydrogen-bond acceptors (Lipinski definition) is 3. The number of aromatic nitrogens is 2. The molecule has 4 aromatic rings. The van der Waals surface area contributed by atoms with Crippen molar-refractivity contribution in [2.45, 2.75) is 12.5 Å². The third-order valence-electron chi connectivity index (χ3n) is 4.94. The van der Waals surface area contributed by atoms with Crippen LogP contribution in [0, 0.1) is 0 Å². The number of hydrogen-bond donors (Lipinski definition) is 1. The summed E-state index contributed by atoms with van der Waals surface area (Å²) in [5.41, 5.74) is -0.281. The number of nitrogens with zero attached hydrogens (tertiary/aromatic N) is 2. The Bertz CT molecular complexity index is 1460. The van der Waals surface area contributed by atoms with E-state index in [1.807, 2.05) is 0 Å². The van der Waals surface area contributed by atoms with Crippen LogP contribution in [0.25, 0.3) is 16.9 Å². The first-order valence-corrected chi connectivity index (χ1v) is 11.0. The maximum absolute atomic E-state index is 13.4. The molecule has 0 unspecified atom stereocenters. The number of benzene rings is 3. The molecule has 1 amide bonds. The van der Waals surface area contributed by atoms with Crippen LogP contribution in [0.3, 0.4) is 0 Å². The zero-order valence-electron chi connectivity index (χ0n) is 18.2. The van der Waals surface area contributed by atoms with Crippen molar-refractivity contribution in [3.05, 3.63) is 94.1 Å². The summed E-state index contributed by atoms with van der Waals surface area (Å²) >= 11 is 12.0. The molecule has 0 bridgehead atoms. The van der Waals surface area contributed by atoms with Crippen molar-refractivity contribution in [1.29, 1.82) is 0 Å². The molecule has 0 saturated heterocycles. The molecular weight excluding hydrogens is 547 g/mol. The van der Waals surface area contributed by atoms with Crippen molar-refractivity contribution >= 4 is 34.8 Å². The second-order valence-corrected chi connectivity index (χ2v) is 8.31. The van der Waals surface area contributed by atoms with Crippen LogP contribution >= 0.6 is 23.2 Å². The fraction of sp³-hybridized carbons (Fsp3) is 0.0833. The van der Waals surface area contributed by atoms with Gasteiger partial charge in [0, 0.05) is 18.2 Å². The molecule has 1 N–H and O–H groups in total. The fourth-order valence-corrected chi connectivity index (χ4v) is 3.75. The maximum atomic E-state index is 13.4. The molecule has 0 aliphatic heterocycles. The summed E-state index contributed by atoms with van der Waals surface area (Å²) < 4.78 is 82.2. The molecule has 0 saturated carbocycles. The van der Waals surface area contributed by atoms with Crippen LogP contribution in [0.2, 0.25) is 10.0 Å². The van der Waals surface area contributed by atoms with Crippen molar-refractivity contribution in [1.82, 2.24) is 9.78 Å². The van der Waals surface area contributed by atoms with E-state index in [1.165, 1.54) is 42.5 Å². The number of nitrogens with one attached hydrogen (secondary N) is 1. The van der Waals surface area contributed by atoms with Crippen LogP contribution in [0.1, 0.15) is 17.5 Å². The number of carbonyl (C=O) groups excluding carboxylic acids is 1. The van der Waals surface area contributed by atoms with Crippen LogP contribution in [0.4, 0.5) is 32.0 Å². The maximum Gasteiger partial charge on any atom is 0.573 e. The Labute approximate surface area is 216 Å². The molecule has 1 heterocycles. The minimum absolute atomic E-state index is 0. The lowest BCUT2D eigenvalue weighted by atomic mass is 10.1. The molecular formula is C24H15Cl2F6N3O2. The standard InChI is InChI=1S/C24H13Cl2F6N3O2.H2/c25-16-3-1-2-4-18(16)35-19(12-21(34-35)23(27,28)29)13-5-7-14(8-6-13)22(36)33-15-9-10-20(17(26)11-15)37-24(30,31)32;/h1-12H,(H,33,36);1H. The zero-order chi connectivity index (χ0) is 27.0. The van der Waals surface area contributed by atoms with Gasteiger partial charge in [-0.2, -0.15) is 18.3 Å². The van der Waals surface area contributed by atoms with Gasteiger partial charge in [0.2, 0.25) is 0 Å². The van der Waals surface area contributed by atoms with Gasteiger partial charge >= 0.3 is 12.5 Å². The first-order chi connectivity index (χ1) is 17.3. The number of para-hydroxylation sites is 1. The Hall–Kier alpha value is -3.70. The van der Waals surface area contributed by atoms with Gasteiger partial charge in [-0.3, -0.25) is 4.79 Å². The van der Waals surface area contributed by atoms with E-state index < -0.39 is 29.9 Å². The van der Waals surface area contributed by atoms with E-state index in [9.17, 15) is 31.1 Å². The van der Waals surface area contributed by atoms with Crippen molar-refractivity contribution in [2.24, 2.45) is 0 Å². The Morgan fingerprint density at radius 3 is 2.16 bits per heavy atom. The van der Waals surface area contributed by atoms with E-state index in [0.717, 1.165) is 22.9 Å². The average Bonchev–Trinajstić information content (AvgIpc) is 3.26. The van der Waals surface area contributed by atoms with Gasteiger partial charge in [0.25, 0.3) is 5.91 Å². The highest BCUT2D eigenvalue weighted by Crippen LogP contribution is 2.35. The molecule has 37 heavy (non-hydrogen) atoms. The molecule has 0 radical (unpaired) electrons. The van der Waals surface area contributed by atoms with E-state index in [0.29, 0.717) is 5.56 Å². The van der Waals surface area contributed by atoms with Crippen molar-refractivity contribution in [2.75, 3.05) is 5.32 Å². The number of rotatable bonds is 5. The minimum atomic E-state index is -4.93. The summed E-state index contributed by atoms with van der Waals surface area (Å²) in [7, 11) is 0. The molecule has 0 spiro atoms. The molecule has 0 aliphatic carbocycles. The van der Waals surface area contributed by atoms with E-state index in [2.05, 4.69) is 15.2 Å². The van der Waals surface area contributed by atoms with Gasteiger partial charge in [-0.05, 0) is 48.5 Å². The highest BCUT2D eigenvalue weighted by molar-refractivity contribution is 6.32. The molecule has 0 aliphatic rings. The SMILES string of the molecule is O=C(Nc1ccc(OC(F)(F)F)c(Cl)c1)c1ccc(-c2cc(C(F)(F)F)nn2-c2ccccc2Cl)cc1.[HH]. The van der Waals surface area contributed by atoms with Gasteiger partial charge in [0.05, 0.1) is 21.4 Å². The van der Waals surface area contributed by atoms with Gasteiger partial charge in [0.15, 0.2) is 5.69 Å². The molecule has 0 atom stereocenters. The Morgan fingerprint density at radius 1 is 0.892 bits per heavy atom. The number of alkyl halides is 6. The second-order valence-electron chi connectivity index (χ2n) is 7.50. The Morgan fingerprint density at radius 2 is 1.57 bits per heavy atom. The van der Waals surface area contributed by atoms with E-state index in [1.54, 1.807) is 12.1 Å². The van der Waals surface area contributed by atoms with Crippen molar-refractivity contribution in [3.63, 3.8) is 0 Å². The molecule has 13 heteroatoms. The monoisotopic (exact) mass is 561 g/mol. The summed E-state index contributed by atoms with van der Waals surface area (Å²) in [6.45, 7) is 0. The highest BCUT2D eigenvalue weighted by Gasteiger charge is 2.35. The predicted octanol–water partition coefficient (Wildman–Crippen LogP) is 8.26. The van der Waals surface area contributed by atoms with E-state index in [4.69, 9.17) is 23.2 Å². The fourth-order valence-electron chi connectivity index (χ4n) is 3.31. The van der Waals surface area contributed by atoms with E-state index in [-0.39, 0.29) is 34.1 Å². The topological polar surface area (TPSA) is 56.1 Å². The number of carbonyl (C=O) groups is 1. The summed E-state index contributed by atoms with van der Waals surface area (Å²) in [6, 6.07) is 15.9. The minimum Gasteiger partial charge on any atom is -0.404 e. The first-order valence-electron chi connectivity index (χ1n) is 10.2. The Kier molecular flexibility index (Phi) is 7.11. The molecule has 194 valence electrons. The molecule has 3 aromatic carbocycles. The Balaban J connectivity index is 0.00000400. The third-order valence-corrected chi connectivity index (χ3v) is 5.55. The quantitative estimate of drug-likeness (QED) is 0.249. The van der Waals surface area contributed by atoms with E-state index >= 15 is 0 Å². The highest BCUT2D eigenvalue weighted by atomic mass is 35.5. The predicted molar refractivity (Wildman–Crippen MR) is 127 cm³/mol. The second kappa shape index (κ2) is 9.98. The van der Waals surface area contributed by atoms with Gasteiger partial charge in [-0.1, -0.05) is 47.5 Å². The number of amides is 1. The molecule has 5 nitrogen and oxygen atoms in total. The van der Waals surface area contributed by atoms with Gasteiger partial charge in [0.1, 0.15) is 5.75 Å². The van der Waals surface area contributed by atoms with Gasteiger partial charge in [-0.25, -0.2) is 4.68 Å². The lowest BCUT2D eigenvalue weighted by Gasteiger charge is -2.12. The lowest BCUT2D eigenvalue weighted by molar-refractivity contribution is -0.274. The smallest absolute Gasteiger partial charge is 0.404 e. The summed E-state index contributed by atoms with van der Waals surface area (Å²) in [5, 5.41) is 5.95. The number of halogens is 8. The number of anilines is 1. The van der Waals surface area contributed by atoms with Crippen LogP contribution in [-0.2, 0) is 6.18 Å². The molecule has 1 aromatic heterocycles. The van der Waals surface area contributed by atoms with Crippen LogP contribution in [0.15, 0.2) is 72.8 Å². The van der Waals surface area contributed by atoms with Crippen molar-refractivity contribution in [3.8, 4) is 22.7 Å². The third kappa shape index (κ3) is 6.17. The van der Waals surface area contributed by atoms with Crippen LogP contribution in [-0.4, -0.2) is 22.1 Å². The average molecular weight is 562 g/mol. The normalized spacial score (nSPS) is 11.9. The summed E-state index contributed by atoms with van der Waals surface area (Å²) in [6.07, 6.45) is -9.64. The van der Waals surface area contributed by atoms with Crippen LogP contribution < -0.4 is 10.1 Å². The number of ether oxygens (including phenoxy) is 1. The van der Waals surface area contributed by atoms with Crippen LogP contribution in [0.5, 0.6) is 5.75 Å². The zero-order valence-corrected chi connectivity index (χ0v) is 19.7. The summed E-state index contributed by atoms with van der Waals surface area (Å²) in [5.74, 6) is -1.27. The van der Waals surface area contributed by atoms with Gasteiger partial charge < -0.3 is 10.1 Å².